The van der Waals surface area contributed by atoms with Crippen molar-refractivity contribution >= 4 is 12.2 Å². The maximum absolute atomic E-state index is 10.6. The van der Waals surface area contributed by atoms with Gasteiger partial charge in [-0.3, -0.25) is 4.79 Å². The predicted molar refractivity (Wildman–Crippen MR) is 82.3 cm³/mol. The Morgan fingerprint density at radius 1 is 1.10 bits per heavy atom. The second-order valence-electron chi connectivity index (χ2n) is 4.78. The third-order valence-electron chi connectivity index (χ3n) is 3.40. The minimum atomic E-state index is 0.466. The number of benzene rings is 2. The number of carbonyl (C=O) groups excluding carboxylic acids is 1. The van der Waals surface area contributed by atoms with Crippen molar-refractivity contribution in [2.45, 2.75) is 13.8 Å². The van der Waals surface area contributed by atoms with Gasteiger partial charge in [-0.25, -0.2) is 0 Å². The molecule has 0 atom stereocenters. The summed E-state index contributed by atoms with van der Waals surface area (Å²) in [4.78, 5) is 12.6. The summed E-state index contributed by atoms with van der Waals surface area (Å²) in [6.07, 6.45) is 0. The molecule has 0 aliphatic heterocycles. The zero-order valence-electron chi connectivity index (χ0n) is 12.1. The van der Waals surface area contributed by atoms with Crippen LogP contribution in [0, 0.1) is 6.92 Å². The van der Waals surface area contributed by atoms with Crippen LogP contribution >= 0.6 is 0 Å². The fraction of sp³-hybridized carbons (Fsp3) is 0.235. The Morgan fingerprint density at radius 3 is 2.35 bits per heavy atom. The van der Waals surface area contributed by atoms with Crippen LogP contribution in [-0.4, -0.2) is 20.1 Å². The first-order valence-corrected chi connectivity index (χ1v) is 6.68. The molecule has 20 heavy (non-hydrogen) atoms. The molecule has 104 valence electrons. The van der Waals surface area contributed by atoms with Gasteiger partial charge in [0, 0.05) is 13.6 Å². The molecule has 2 rings (SSSR count). The topological polar surface area (TPSA) is 29.5 Å². The molecule has 0 radical (unpaired) electrons. The van der Waals surface area contributed by atoms with E-state index in [-0.39, 0.29) is 0 Å². The molecule has 0 N–H and O–H groups in total. The van der Waals surface area contributed by atoms with Crippen molar-refractivity contribution in [3.8, 4) is 16.9 Å². The van der Waals surface area contributed by atoms with E-state index >= 15 is 0 Å². The molecule has 2 aromatic rings. The van der Waals surface area contributed by atoms with Gasteiger partial charge in [-0.2, -0.15) is 0 Å². The van der Waals surface area contributed by atoms with E-state index in [0.29, 0.717) is 12.2 Å². The van der Waals surface area contributed by atoms with E-state index in [9.17, 15) is 4.79 Å². The summed E-state index contributed by atoms with van der Waals surface area (Å²) in [7, 11) is 1.98. The number of rotatable bonds is 5. The number of aryl methyl sites for hydroxylation is 1. The monoisotopic (exact) mass is 269 g/mol. The third-order valence-corrected chi connectivity index (χ3v) is 3.40. The van der Waals surface area contributed by atoms with Gasteiger partial charge in [0.2, 0.25) is 0 Å². The van der Waals surface area contributed by atoms with Crippen molar-refractivity contribution in [3.05, 3.63) is 48.0 Å². The van der Waals surface area contributed by atoms with Gasteiger partial charge in [0.1, 0.15) is 0 Å². The lowest BCUT2D eigenvalue weighted by Gasteiger charge is -2.20. The molecule has 0 fully saturated rings. The van der Waals surface area contributed by atoms with Crippen LogP contribution in [0.2, 0.25) is 0 Å². The number of nitrogens with zero attached hydrogens (tertiary/aromatic N) is 1. The van der Waals surface area contributed by atoms with Crippen LogP contribution in [0.15, 0.2) is 42.5 Å². The molecule has 2 aromatic carbocycles. The van der Waals surface area contributed by atoms with Crippen LogP contribution in [0.3, 0.4) is 0 Å². The summed E-state index contributed by atoms with van der Waals surface area (Å²) in [6, 6.07) is 14.2. The van der Waals surface area contributed by atoms with Crippen LogP contribution in [0.25, 0.3) is 11.1 Å². The van der Waals surface area contributed by atoms with Gasteiger partial charge in [-0.05, 0) is 37.1 Å². The van der Waals surface area contributed by atoms with Gasteiger partial charge >= 0.3 is 0 Å². The van der Waals surface area contributed by atoms with E-state index in [0.717, 1.165) is 23.4 Å². The van der Waals surface area contributed by atoms with Crippen LogP contribution in [0.1, 0.15) is 12.5 Å². The summed E-state index contributed by atoms with van der Waals surface area (Å²) >= 11 is 0. The van der Waals surface area contributed by atoms with E-state index in [1.54, 1.807) is 0 Å². The van der Waals surface area contributed by atoms with Crippen LogP contribution in [-0.2, 0) is 4.79 Å². The Bertz CT molecular complexity index is 590. The van der Waals surface area contributed by atoms with Gasteiger partial charge in [0.05, 0.1) is 5.69 Å². The van der Waals surface area contributed by atoms with E-state index in [4.69, 9.17) is 4.74 Å². The summed E-state index contributed by atoms with van der Waals surface area (Å²) in [6.45, 7) is 5.44. The minimum Gasteiger partial charge on any atom is -0.427 e. The number of anilines is 1. The first kappa shape index (κ1) is 14.1. The Labute approximate surface area is 119 Å². The Morgan fingerprint density at radius 2 is 1.75 bits per heavy atom. The number of ether oxygens (including phenoxy) is 1. The summed E-state index contributed by atoms with van der Waals surface area (Å²) in [5.41, 5.74) is 4.41. The Balaban J connectivity index is 2.45. The first-order chi connectivity index (χ1) is 9.65. The third kappa shape index (κ3) is 2.99. The van der Waals surface area contributed by atoms with Gasteiger partial charge in [0.25, 0.3) is 6.47 Å². The lowest BCUT2D eigenvalue weighted by Crippen LogP contribution is -2.16. The quantitative estimate of drug-likeness (QED) is 0.776. The van der Waals surface area contributed by atoms with Gasteiger partial charge in [0.15, 0.2) is 5.75 Å². The molecule has 0 saturated heterocycles. The molecule has 0 aliphatic carbocycles. The molecule has 0 heterocycles. The molecule has 0 aliphatic rings. The standard InChI is InChI=1S/C17H19NO2/c1-4-18(3)16-11-15(9-10-17(16)20-12-19)14-7-5-13(2)6-8-14/h5-12H,4H2,1-3H3. The van der Waals surface area contributed by atoms with Crippen molar-refractivity contribution in [3.63, 3.8) is 0 Å². The molecule has 3 heteroatoms. The fourth-order valence-electron chi connectivity index (χ4n) is 2.06. The highest BCUT2D eigenvalue weighted by molar-refractivity contribution is 5.73. The van der Waals surface area contributed by atoms with Crippen molar-refractivity contribution in [1.82, 2.24) is 0 Å². The average Bonchev–Trinajstić information content (AvgIpc) is 2.48. The summed E-state index contributed by atoms with van der Waals surface area (Å²) in [5.74, 6) is 0.584. The normalized spacial score (nSPS) is 10.2. The molecule has 3 nitrogen and oxygen atoms in total. The molecule has 0 aromatic heterocycles. The van der Waals surface area contributed by atoms with Crippen molar-refractivity contribution < 1.29 is 9.53 Å². The van der Waals surface area contributed by atoms with Crippen LogP contribution < -0.4 is 9.64 Å². The maximum Gasteiger partial charge on any atom is 0.298 e. The van der Waals surface area contributed by atoms with Crippen molar-refractivity contribution in [2.75, 3.05) is 18.5 Å². The lowest BCUT2D eigenvalue weighted by molar-refractivity contribution is -0.120. The number of carbonyl (C=O) groups is 1. The highest BCUT2D eigenvalue weighted by Crippen LogP contribution is 2.32. The maximum atomic E-state index is 10.6. The molecule has 0 unspecified atom stereocenters. The molecular weight excluding hydrogens is 250 g/mol. The van der Waals surface area contributed by atoms with E-state index in [1.165, 1.54) is 5.56 Å². The number of hydrogen-bond acceptors (Lipinski definition) is 3. The summed E-state index contributed by atoms with van der Waals surface area (Å²) < 4.78 is 5.05. The van der Waals surface area contributed by atoms with E-state index in [1.807, 2.05) is 25.2 Å². The molecule has 0 amide bonds. The van der Waals surface area contributed by atoms with Crippen LogP contribution in [0.5, 0.6) is 5.75 Å². The zero-order valence-corrected chi connectivity index (χ0v) is 12.1. The number of hydrogen-bond donors (Lipinski definition) is 0. The average molecular weight is 269 g/mol. The van der Waals surface area contributed by atoms with E-state index < -0.39 is 0 Å². The van der Waals surface area contributed by atoms with Gasteiger partial charge < -0.3 is 9.64 Å². The van der Waals surface area contributed by atoms with Gasteiger partial charge in [-0.15, -0.1) is 0 Å². The second-order valence-corrected chi connectivity index (χ2v) is 4.78. The van der Waals surface area contributed by atoms with Crippen LogP contribution in [0.4, 0.5) is 5.69 Å². The Kier molecular flexibility index (Phi) is 4.41. The molecular formula is C17H19NO2. The SMILES string of the molecule is CCN(C)c1cc(-c2ccc(C)cc2)ccc1OC=O. The predicted octanol–water partition coefficient (Wildman–Crippen LogP) is 3.65. The summed E-state index contributed by atoms with van der Waals surface area (Å²) in [5, 5.41) is 0. The largest absolute Gasteiger partial charge is 0.427 e. The molecule has 0 saturated carbocycles. The highest BCUT2D eigenvalue weighted by atomic mass is 16.5. The smallest absolute Gasteiger partial charge is 0.298 e. The first-order valence-electron chi connectivity index (χ1n) is 6.68. The lowest BCUT2D eigenvalue weighted by atomic mass is 10.0. The molecule has 0 spiro atoms. The van der Waals surface area contributed by atoms with Gasteiger partial charge in [-0.1, -0.05) is 35.9 Å². The second kappa shape index (κ2) is 6.24. The van der Waals surface area contributed by atoms with Crippen molar-refractivity contribution in [2.24, 2.45) is 0 Å². The molecule has 0 bridgehead atoms. The highest BCUT2D eigenvalue weighted by Gasteiger charge is 2.10. The van der Waals surface area contributed by atoms with E-state index in [2.05, 4.69) is 43.0 Å². The Hall–Kier alpha value is -2.29. The zero-order chi connectivity index (χ0) is 14.5. The van der Waals surface area contributed by atoms with Crippen molar-refractivity contribution in [1.29, 1.82) is 0 Å². The minimum absolute atomic E-state index is 0.466. The fourth-order valence-corrected chi connectivity index (χ4v) is 2.06.